The zero-order valence-corrected chi connectivity index (χ0v) is 12.9. The molecule has 0 bridgehead atoms. The lowest BCUT2D eigenvalue weighted by molar-refractivity contribution is 0.0947. The molecule has 1 aromatic heterocycles. The van der Waals surface area contributed by atoms with Crippen LogP contribution in [0.4, 0.5) is 0 Å². The van der Waals surface area contributed by atoms with E-state index in [1.54, 1.807) is 19.2 Å². The Balaban J connectivity index is 1.59. The van der Waals surface area contributed by atoms with Crippen molar-refractivity contribution in [3.8, 4) is 11.4 Å². The fourth-order valence-corrected chi connectivity index (χ4v) is 2.70. The molecule has 1 fully saturated rings. The van der Waals surface area contributed by atoms with E-state index in [9.17, 15) is 4.79 Å². The molecule has 1 amide bonds. The molecule has 1 atom stereocenters. The van der Waals surface area contributed by atoms with Crippen molar-refractivity contribution in [3.63, 3.8) is 0 Å². The van der Waals surface area contributed by atoms with Gasteiger partial charge in [-0.2, -0.15) is 4.80 Å². The summed E-state index contributed by atoms with van der Waals surface area (Å²) in [6.45, 7) is 2.90. The lowest BCUT2D eigenvalue weighted by atomic mass is 10.1. The first-order chi connectivity index (χ1) is 10.6. The number of nitrogens with one attached hydrogen (secondary N) is 1. The fraction of sp³-hybridized carbons (Fsp3) is 0.467. The van der Waals surface area contributed by atoms with Crippen molar-refractivity contribution in [1.29, 1.82) is 0 Å². The zero-order chi connectivity index (χ0) is 15.5. The molecule has 0 radical (unpaired) electrons. The summed E-state index contributed by atoms with van der Waals surface area (Å²) in [7, 11) is 3.83. The molecule has 1 aliphatic rings. The smallest absolute Gasteiger partial charge is 0.251 e. The van der Waals surface area contributed by atoms with Gasteiger partial charge in [-0.25, -0.2) is 0 Å². The van der Waals surface area contributed by atoms with Crippen LogP contribution in [0.2, 0.25) is 0 Å². The Bertz CT molecular complexity index is 650. The summed E-state index contributed by atoms with van der Waals surface area (Å²) in [5, 5.41) is 14.9. The van der Waals surface area contributed by atoms with Crippen LogP contribution in [-0.2, 0) is 7.05 Å². The Morgan fingerprint density at radius 3 is 2.68 bits per heavy atom. The zero-order valence-electron chi connectivity index (χ0n) is 12.9. The van der Waals surface area contributed by atoms with E-state index in [2.05, 4.69) is 32.7 Å². The van der Waals surface area contributed by atoms with Crippen LogP contribution in [0.3, 0.4) is 0 Å². The summed E-state index contributed by atoms with van der Waals surface area (Å²) in [5.41, 5.74) is 1.50. The summed E-state index contributed by atoms with van der Waals surface area (Å²) in [6.07, 6.45) is 1.15. The highest BCUT2D eigenvalue weighted by Gasteiger charge is 2.20. The SMILES string of the molecule is CN1CC[C@@H](CNC(=O)c2ccc(-c3nnn(C)n3)cc2)C1. The van der Waals surface area contributed by atoms with Crippen molar-refractivity contribution in [3.05, 3.63) is 29.8 Å². The highest BCUT2D eigenvalue weighted by atomic mass is 16.1. The average Bonchev–Trinajstić information content (AvgIpc) is 3.13. The van der Waals surface area contributed by atoms with Crippen molar-refractivity contribution >= 4 is 5.91 Å². The molecule has 116 valence electrons. The molecule has 2 heterocycles. The Labute approximate surface area is 129 Å². The second-order valence-corrected chi connectivity index (χ2v) is 5.81. The third kappa shape index (κ3) is 3.30. The molecule has 22 heavy (non-hydrogen) atoms. The van der Waals surface area contributed by atoms with Gasteiger partial charge in [0, 0.05) is 24.2 Å². The monoisotopic (exact) mass is 300 g/mol. The fourth-order valence-electron chi connectivity index (χ4n) is 2.70. The van der Waals surface area contributed by atoms with Gasteiger partial charge in [0.2, 0.25) is 5.82 Å². The number of nitrogens with zero attached hydrogens (tertiary/aromatic N) is 5. The van der Waals surface area contributed by atoms with E-state index >= 15 is 0 Å². The number of carbonyl (C=O) groups excluding carboxylic acids is 1. The quantitative estimate of drug-likeness (QED) is 0.893. The van der Waals surface area contributed by atoms with Gasteiger partial charge in [0.25, 0.3) is 5.91 Å². The Morgan fingerprint density at radius 1 is 1.32 bits per heavy atom. The van der Waals surface area contributed by atoms with Crippen molar-refractivity contribution in [2.24, 2.45) is 13.0 Å². The van der Waals surface area contributed by atoms with Crippen LogP contribution in [0.5, 0.6) is 0 Å². The first kappa shape index (κ1) is 14.6. The minimum atomic E-state index is -0.0341. The molecule has 7 heteroatoms. The van der Waals surface area contributed by atoms with Crippen molar-refractivity contribution < 1.29 is 4.79 Å². The third-order valence-electron chi connectivity index (χ3n) is 3.95. The molecule has 0 spiro atoms. The van der Waals surface area contributed by atoms with Gasteiger partial charge in [-0.1, -0.05) is 12.1 Å². The average molecular weight is 300 g/mol. The maximum Gasteiger partial charge on any atom is 0.251 e. The molecule has 1 N–H and O–H groups in total. The number of likely N-dealkylation sites (tertiary alicyclic amines) is 1. The first-order valence-electron chi connectivity index (χ1n) is 7.43. The Kier molecular flexibility index (Phi) is 4.15. The predicted molar refractivity (Wildman–Crippen MR) is 82.2 cm³/mol. The standard InChI is InChI=1S/C15H20N6O/c1-20-8-7-11(10-20)9-16-15(22)13-5-3-12(4-6-13)14-17-19-21(2)18-14/h3-6,11H,7-10H2,1-2H3,(H,16,22)/t11-/m0/s1. The highest BCUT2D eigenvalue weighted by Crippen LogP contribution is 2.15. The lowest BCUT2D eigenvalue weighted by Gasteiger charge is -2.11. The van der Waals surface area contributed by atoms with E-state index in [1.165, 1.54) is 4.80 Å². The van der Waals surface area contributed by atoms with E-state index in [-0.39, 0.29) is 5.91 Å². The molecular weight excluding hydrogens is 280 g/mol. The molecule has 1 aromatic carbocycles. The predicted octanol–water partition coefficient (Wildman–Crippen LogP) is 0.559. The van der Waals surface area contributed by atoms with Crippen LogP contribution < -0.4 is 5.32 Å². The minimum absolute atomic E-state index is 0.0341. The van der Waals surface area contributed by atoms with Gasteiger partial charge in [-0.05, 0) is 43.3 Å². The van der Waals surface area contributed by atoms with E-state index in [1.807, 2.05) is 12.1 Å². The highest BCUT2D eigenvalue weighted by molar-refractivity contribution is 5.94. The van der Waals surface area contributed by atoms with E-state index < -0.39 is 0 Å². The summed E-state index contributed by atoms with van der Waals surface area (Å²) < 4.78 is 0. The Hall–Kier alpha value is -2.28. The van der Waals surface area contributed by atoms with Gasteiger partial charge in [0.05, 0.1) is 7.05 Å². The van der Waals surface area contributed by atoms with Crippen molar-refractivity contribution in [2.75, 3.05) is 26.7 Å². The van der Waals surface area contributed by atoms with Crippen LogP contribution in [0.15, 0.2) is 24.3 Å². The summed E-state index contributed by atoms with van der Waals surface area (Å²) in [6, 6.07) is 7.27. The maximum atomic E-state index is 12.2. The number of amides is 1. The molecule has 0 unspecified atom stereocenters. The van der Waals surface area contributed by atoms with Gasteiger partial charge >= 0.3 is 0 Å². The van der Waals surface area contributed by atoms with Gasteiger partial charge < -0.3 is 10.2 Å². The summed E-state index contributed by atoms with van der Waals surface area (Å²) >= 11 is 0. The van der Waals surface area contributed by atoms with Crippen LogP contribution in [0.25, 0.3) is 11.4 Å². The van der Waals surface area contributed by atoms with Crippen LogP contribution in [0, 0.1) is 5.92 Å². The third-order valence-corrected chi connectivity index (χ3v) is 3.95. The lowest BCUT2D eigenvalue weighted by Crippen LogP contribution is -2.30. The van der Waals surface area contributed by atoms with Crippen molar-refractivity contribution in [2.45, 2.75) is 6.42 Å². The molecule has 3 rings (SSSR count). The minimum Gasteiger partial charge on any atom is -0.352 e. The van der Waals surface area contributed by atoms with Crippen molar-refractivity contribution in [1.82, 2.24) is 30.4 Å². The largest absolute Gasteiger partial charge is 0.352 e. The van der Waals surface area contributed by atoms with Gasteiger partial charge in [-0.15, -0.1) is 10.2 Å². The van der Waals surface area contributed by atoms with Crippen LogP contribution in [0.1, 0.15) is 16.8 Å². The number of hydrogen-bond acceptors (Lipinski definition) is 5. The number of hydrogen-bond donors (Lipinski definition) is 1. The summed E-state index contributed by atoms with van der Waals surface area (Å²) in [4.78, 5) is 15.9. The van der Waals surface area contributed by atoms with Gasteiger partial charge in [-0.3, -0.25) is 4.79 Å². The number of rotatable bonds is 4. The number of aryl methyl sites for hydroxylation is 1. The topological polar surface area (TPSA) is 75.9 Å². The van der Waals surface area contributed by atoms with E-state index in [0.29, 0.717) is 17.3 Å². The normalized spacial score (nSPS) is 18.5. The molecule has 1 saturated heterocycles. The second-order valence-electron chi connectivity index (χ2n) is 5.81. The number of aromatic nitrogens is 4. The molecule has 0 saturated carbocycles. The molecule has 0 aliphatic carbocycles. The van der Waals surface area contributed by atoms with E-state index in [0.717, 1.165) is 31.6 Å². The molecule has 7 nitrogen and oxygen atoms in total. The molecule has 1 aliphatic heterocycles. The maximum absolute atomic E-state index is 12.2. The molecular formula is C15H20N6O. The van der Waals surface area contributed by atoms with Crippen LogP contribution >= 0.6 is 0 Å². The number of carbonyl (C=O) groups is 1. The van der Waals surface area contributed by atoms with Gasteiger partial charge in [0.1, 0.15) is 0 Å². The van der Waals surface area contributed by atoms with Gasteiger partial charge in [0.15, 0.2) is 0 Å². The number of tetrazole rings is 1. The molecule has 2 aromatic rings. The summed E-state index contributed by atoms with van der Waals surface area (Å²) in [5.74, 6) is 1.08. The Morgan fingerprint density at radius 2 is 2.09 bits per heavy atom. The number of benzene rings is 1. The first-order valence-corrected chi connectivity index (χ1v) is 7.43. The van der Waals surface area contributed by atoms with Crippen LogP contribution in [-0.4, -0.2) is 57.7 Å². The van der Waals surface area contributed by atoms with E-state index in [4.69, 9.17) is 0 Å². The second kappa shape index (κ2) is 6.23.